The fraction of sp³-hybridized carbons (Fsp3) is 0.286. The van der Waals surface area contributed by atoms with Gasteiger partial charge >= 0.3 is 5.69 Å². The largest absolute Gasteiger partial charge is 0.342 e. The van der Waals surface area contributed by atoms with Crippen molar-refractivity contribution in [2.45, 2.75) is 25.3 Å². The van der Waals surface area contributed by atoms with E-state index in [1.807, 2.05) is 0 Å². The molecule has 3 aromatic rings. The number of hydrogen-bond acceptors (Lipinski definition) is 3. The second-order valence-corrected chi connectivity index (χ2v) is 7.18. The van der Waals surface area contributed by atoms with Gasteiger partial charge in [-0.15, -0.1) is 0 Å². The van der Waals surface area contributed by atoms with Crippen molar-refractivity contribution in [2.75, 3.05) is 13.1 Å². The lowest BCUT2D eigenvalue weighted by molar-refractivity contribution is -0.131. The van der Waals surface area contributed by atoms with Crippen LogP contribution in [-0.4, -0.2) is 33.4 Å². The molecule has 8 heteroatoms. The number of carbonyl (C=O) groups is 1. The summed E-state index contributed by atoms with van der Waals surface area (Å²) in [7, 11) is 0. The van der Waals surface area contributed by atoms with Crippen LogP contribution in [0.15, 0.2) is 52.1 Å². The topological polar surface area (TPSA) is 75.2 Å². The Balaban J connectivity index is 1.48. The number of hydrogen-bond donors (Lipinski definition) is 1. The highest BCUT2D eigenvalue weighted by molar-refractivity contribution is 5.79. The van der Waals surface area contributed by atoms with Crippen molar-refractivity contribution in [1.29, 1.82) is 0 Å². The van der Waals surface area contributed by atoms with Gasteiger partial charge in [0, 0.05) is 25.2 Å². The predicted octanol–water partition coefficient (Wildman–Crippen LogP) is 2.37. The van der Waals surface area contributed by atoms with Crippen molar-refractivity contribution in [2.24, 2.45) is 0 Å². The van der Waals surface area contributed by atoms with Gasteiger partial charge in [0.1, 0.15) is 11.6 Å². The number of likely N-dealkylation sites (tertiary alicyclic amines) is 1. The zero-order chi connectivity index (χ0) is 20.5. The van der Waals surface area contributed by atoms with Crippen LogP contribution in [-0.2, 0) is 11.2 Å². The van der Waals surface area contributed by atoms with Gasteiger partial charge in [0.15, 0.2) is 0 Å². The van der Waals surface area contributed by atoms with Crippen molar-refractivity contribution in [3.63, 3.8) is 0 Å². The Bertz CT molecular complexity index is 1190. The van der Waals surface area contributed by atoms with Gasteiger partial charge in [-0.3, -0.25) is 14.2 Å². The fourth-order valence-electron chi connectivity index (χ4n) is 3.82. The highest BCUT2D eigenvalue weighted by Crippen LogP contribution is 2.21. The normalized spacial score (nSPS) is 15.0. The van der Waals surface area contributed by atoms with Crippen molar-refractivity contribution in [1.82, 2.24) is 14.5 Å². The monoisotopic (exact) mass is 399 g/mol. The SMILES string of the molecule is O=C(Cc1ccc(F)cc1F)N1CCC(n2c(=O)[nH]c3ccccc3c2=O)CC1. The molecule has 1 fully saturated rings. The first-order valence-corrected chi connectivity index (χ1v) is 9.39. The first kappa shape index (κ1) is 19.0. The number of H-pyrrole nitrogens is 1. The third kappa shape index (κ3) is 3.70. The zero-order valence-corrected chi connectivity index (χ0v) is 15.5. The number of rotatable bonds is 3. The minimum Gasteiger partial charge on any atom is -0.342 e. The van der Waals surface area contributed by atoms with Crippen LogP contribution in [0.2, 0.25) is 0 Å². The highest BCUT2D eigenvalue weighted by Gasteiger charge is 2.26. The maximum Gasteiger partial charge on any atom is 0.329 e. The highest BCUT2D eigenvalue weighted by atomic mass is 19.1. The van der Waals surface area contributed by atoms with Crippen molar-refractivity contribution in [3.8, 4) is 0 Å². The molecule has 0 radical (unpaired) electrons. The number of halogens is 2. The molecule has 4 rings (SSSR count). The molecule has 1 amide bonds. The van der Waals surface area contributed by atoms with Gasteiger partial charge in [-0.1, -0.05) is 18.2 Å². The number of piperidine rings is 1. The molecule has 1 aromatic heterocycles. The number of nitrogens with zero attached hydrogens (tertiary/aromatic N) is 2. The van der Waals surface area contributed by atoms with E-state index in [9.17, 15) is 23.2 Å². The molecule has 0 atom stereocenters. The minimum atomic E-state index is -0.748. The summed E-state index contributed by atoms with van der Waals surface area (Å²) in [5.74, 6) is -1.71. The van der Waals surface area contributed by atoms with E-state index in [1.54, 1.807) is 29.2 Å². The number of amides is 1. The average molecular weight is 399 g/mol. The standard InChI is InChI=1S/C21H19F2N3O3/c22-14-6-5-13(17(23)12-14)11-19(27)25-9-7-15(8-10-25)26-20(28)16-3-1-2-4-18(16)24-21(26)29/h1-6,12,15H,7-11H2,(H,24,29). The van der Waals surface area contributed by atoms with Crippen LogP contribution in [0.4, 0.5) is 8.78 Å². The van der Waals surface area contributed by atoms with Gasteiger partial charge in [0.2, 0.25) is 5.91 Å². The number of benzene rings is 2. The van der Waals surface area contributed by atoms with Crippen LogP contribution in [0.3, 0.4) is 0 Å². The Morgan fingerprint density at radius 1 is 1.07 bits per heavy atom. The van der Waals surface area contributed by atoms with Gasteiger partial charge in [-0.25, -0.2) is 13.6 Å². The molecule has 2 aromatic carbocycles. The summed E-state index contributed by atoms with van der Waals surface area (Å²) in [5, 5.41) is 0.442. The van der Waals surface area contributed by atoms with E-state index in [2.05, 4.69) is 4.98 Å². The summed E-state index contributed by atoms with van der Waals surface area (Å²) in [6.07, 6.45) is 0.727. The van der Waals surface area contributed by atoms with E-state index in [4.69, 9.17) is 0 Å². The van der Waals surface area contributed by atoms with Gasteiger partial charge in [-0.05, 0) is 36.6 Å². The maximum absolute atomic E-state index is 13.8. The van der Waals surface area contributed by atoms with Gasteiger partial charge in [0.05, 0.1) is 17.3 Å². The molecule has 0 saturated carbocycles. The Hall–Kier alpha value is -3.29. The summed E-state index contributed by atoms with van der Waals surface area (Å²) in [6, 6.07) is 9.66. The van der Waals surface area contributed by atoms with Crippen LogP contribution < -0.4 is 11.2 Å². The molecule has 0 aliphatic carbocycles. The predicted molar refractivity (Wildman–Crippen MR) is 104 cm³/mol. The Kier molecular flexibility index (Phi) is 5.00. The molecule has 1 aliphatic rings. The number of aromatic amines is 1. The molecule has 2 heterocycles. The first-order chi connectivity index (χ1) is 13.9. The summed E-state index contributed by atoms with van der Waals surface area (Å²) in [4.78, 5) is 42.0. The summed E-state index contributed by atoms with van der Waals surface area (Å²) in [6.45, 7) is 0.704. The van der Waals surface area contributed by atoms with Crippen LogP contribution in [0.25, 0.3) is 10.9 Å². The summed E-state index contributed by atoms with van der Waals surface area (Å²) < 4.78 is 28.0. The quantitative estimate of drug-likeness (QED) is 0.735. The van der Waals surface area contributed by atoms with E-state index < -0.39 is 17.3 Å². The van der Waals surface area contributed by atoms with Crippen molar-refractivity contribution in [3.05, 3.63) is 80.5 Å². The third-order valence-electron chi connectivity index (χ3n) is 5.38. The van der Waals surface area contributed by atoms with E-state index >= 15 is 0 Å². The molecule has 0 bridgehead atoms. The van der Waals surface area contributed by atoms with Gasteiger partial charge in [0.25, 0.3) is 5.56 Å². The van der Waals surface area contributed by atoms with Gasteiger partial charge in [-0.2, -0.15) is 0 Å². The Labute approximate surface area is 164 Å². The lowest BCUT2D eigenvalue weighted by Crippen LogP contribution is -2.45. The number of nitrogens with one attached hydrogen (secondary N) is 1. The zero-order valence-electron chi connectivity index (χ0n) is 15.5. The van der Waals surface area contributed by atoms with Gasteiger partial charge < -0.3 is 9.88 Å². The van der Waals surface area contributed by atoms with E-state index in [0.29, 0.717) is 36.8 Å². The minimum absolute atomic E-state index is 0.140. The second kappa shape index (κ2) is 7.62. The number of fused-ring (bicyclic) bond motifs is 1. The molecule has 1 aliphatic heterocycles. The van der Waals surface area contributed by atoms with Crippen LogP contribution in [0.5, 0.6) is 0 Å². The Morgan fingerprint density at radius 3 is 2.52 bits per heavy atom. The first-order valence-electron chi connectivity index (χ1n) is 9.39. The van der Waals surface area contributed by atoms with Crippen LogP contribution in [0.1, 0.15) is 24.4 Å². The van der Waals surface area contributed by atoms with E-state index in [1.165, 1.54) is 10.6 Å². The second-order valence-electron chi connectivity index (χ2n) is 7.18. The van der Waals surface area contributed by atoms with Crippen LogP contribution in [0, 0.1) is 11.6 Å². The van der Waals surface area contributed by atoms with Crippen molar-refractivity contribution >= 4 is 16.8 Å². The maximum atomic E-state index is 13.8. The smallest absolute Gasteiger partial charge is 0.329 e. The Morgan fingerprint density at radius 2 is 1.79 bits per heavy atom. The average Bonchev–Trinajstić information content (AvgIpc) is 2.70. The number of carbonyl (C=O) groups excluding carboxylic acids is 1. The third-order valence-corrected chi connectivity index (χ3v) is 5.38. The summed E-state index contributed by atoms with van der Waals surface area (Å²) >= 11 is 0. The molecule has 150 valence electrons. The number of aromatic nitrogens is 2. The van der Waals surface area contributed by atoms with Crippen LogP contribution >= 0.6 is 0 Å². The molecular formula is C21H19F2N3O3. The summed E-state index contributed by atoms with van der Waals surface area (Å²) in [5.41, 5.74) is -0.178. The molecule has 29 heavy (non-hydrogen) atoms. The molecule has 1 saturated heterocycles. The molecule has 1 N–H and O–H groups in total. The van der Waals surface area contributed by atoms with E-state index in [-0.39, 0.29) is 29.5 Å². The lowest BCUT2D eigenvalue weighted by atomic mass is 10.0. The number of para-hydroxylation sites is 1. The molecule has 6 nitrogen and oxygen atoms in total. The lowest BCUT2D eigenvalue weighted by Gasteiger charge is -2.32. The molecule has 0 unspecified atom stereocenters. The van der Waals surface area contributed by atoms with E-state index in [0.717, 1.165) is 12.1 Å². The fourth-order valence-corrected chi connectivity index (χ4v) is 3.82. The van der Waals surface area contributed by atoms with Crippen molar-refractivity contribution < 1.29 is 13.6 Å². The molecule has 0 spiro atoms. The molecular weight excluding hydrogens is 380 g/mol.